The number of benzene rings is 3. The first-order valence-electron chi connectivity index (χ1n) is 9.93. The van der Waals surface area contributed by atoms with Gasteiger partial charge >= 0.3 is 0 Å². The van der Waals surface area contributed by atoms with E-state index in [-0.39, 0.29) is 5.57 Å². The van der Waals surface area contributed by atoms with Crippen LogP contribution in [0.25, 0.3) is 6.08 Å². The maximum Gasteiger partial charge on any atom is 0.282 e. The van der Waals surface area contributed by atoms with Gasteiger partial charge < -0.3 is 9.64 Å². The van der Waals surface area contributed by atoms with Gasteiger partial charge in [0.15, 0.2) is 0 Å². The lowest BCUT2D eigenvalue weighted by Gasteiger charge is -2.16. The van der Waals surface area contributed by atoms with Crippen LogP contribution < -0.4 is 20.1 Å². The summed E-state index contributed by atoms with van der Waals surface area (Å²) in [6, 6.07) is 24.5. The summed E-state index contributed by atoms with van der Waals surface area (Å²) >= 11 is 0. The normalized spacial score (nSPS) is 14.6. The summed E-state index contributed by atoms with van der Waals surface area (Å²) in [5, 5.41) is 1.26. The Labute approximate surface area is 181 Å². The molecule has 1 fully saturated rings. The quantitative estimate of drug-likeness (QED) is 0.493. The summed E-state index contributed by atoms with van der Waals surface area (Å²) in [5.74, 6) is -0.247. The molecule has 0 aromatic heterocycles. The third-order valence-corrected chi connectivity index (χ3v) is 4.96. The van der Waals surface area contributed by atoms with Crippen LogP contribution in [0.5, 0.6) is 5.75 Å². The highest BCUT2D eigenvalue weighted by atomic mass is 16.5. The molecule has 6 nitrogen and oxygen atoms in total. The van der Waals surface area contributed by atoms with E-state index in [2.05, 4.69) is 5.43 Å². The van der Waals surface area contributed by atoms with Crippen LogP contribution in [-0.2, 0) is 16.2 Å². The third kappa shape index (κ3) is 4.43. The zero-order chi connectivity index (χ0) is 21.8. The molecule has 4 rings (SSSR count). The van der Waals surface area contributed by atoms with Crippen LogP contribution in [0.15, 0.2) is 84.4 Å². The van der Waals surface area contributed by atoms with Crippen molar-refractivity contribution in [1.29, 1.82) is 0 Å². The number of nitrogens with one attached hydrogen (secondary N) is 1. The van der Waals surface area contributed by atoms with E-state index >= 15 is 0 Å². The molecule has 0 unspecified atom stereocenters. The molecule has 1 N–H and O–H groups in total. The highest BCUT2D eigenvalue weighted by molar-refractivity contribution is 6.31. The van der Waals surface area contributed by atoms with E-state index in [0.717, 1.165) is 11.3 Å². The van der Waals surface area contributed by atoms with E-state index in [1.165, 1.54) is 5.01 Å². The number of anilines is 2. The number of hydrazine groups is 1. The molecule has 1 heterocycles. The number of rotatable bonds is 6. The van der Waals surface area contributed by atoms with Crippen molar-refractivity contribution in [2.24, 2.45) is 0 Å². The van der Waals surface area contributed by atoms with E-state index in [1.54, 1.807) is 18.2 Å². The lowest BCUT2D eigenvalue weighted by molar-refractivity contribution is -0.117. The molecule has 1 aliphatic heterocycles. The van der Waals surface area contributed by atoms with Gasteiger partial charge in [-0.25, -0.2) is 5.01 Å². The van der Waals surface area contributed by atoms with Crippen molar-refractivity contribution in [3.8, 4) is 5.75 Å². The molecule has 2 amide bonds. The van der Waals surface area contributed by atoms with E-state index in [9.17, 15) is 9.59 Å². The second-order valence-corrected chi connectivity index (χ2v) is 7.37. The molecular formula is C25H23N3O3. The van der Waals surface area contributed by atoms with Gasteiger partial charge in [-0.15, -0.1) is 0 Å². The third-order valence-electron chi connectivity index (χ3n) is 4.96. The van der Waals surface area contributed by atoms with Crippen molar-refractivity contribution in [2.75, 3.05) is 24.0 Å². The smallest absolute Gasteiger partial charge is 0.282 e. The lowest BCUT2D eigenvalue weighted by atomic mass is 10.1. The summed E-state index contributed by atoms with van der Waals surface area (Å²) < 4.78 is 6.08. The second-order valence-electron chi connectivity index (χ2n) is 7.37. The molecule has 31 heavy (non-hydrogen) atoms. The largest absolute Gasteiger partial charge is 0.488 e. The Hall–Kier alpha value is -4.06. The minimum absolute atomic E-state index is 0.0611. The summed E-state index contributed by atoms with van der Waals surface area (Å²) in [4.78, 5) is 27.4. The Kier molecular flexibility index (Phi) is 5.71. The minimum atomic E-state index is -0.445. The van der Waals surface area contributed by atoms with Gasteiger partial charge in [0, 0.05) is 31.4 Å². The first-order chi connectivity index (χ1) is 15.0. The summed E-state index contributed by atoms with van der Waals surface area (Å²) in [5.41, 5.74) is 5.94. The fraction of sp³-hybridized carbons (Fsp3) is 0.120. The standard InChI is InChI=1S/C25H23N3O3/c1-27(2)21-14-13-19(23(16-21)31-17-18-9-5-3-6-10-18)15-22-24(29)26-28(25(22)30)20-11-7-4-8-12-20/h3-16H,17H2,1-2H3,(H,26,29). The number of hydrogen-bond donors (Lipinski definition) is 1. The number of amides is 2. The maximum atomic E-state index is 12.9. The maximum absolute atomic E-state index is 12.9. The van der Waals surface area contributed by atoms with Gasteiger partial charge in [-0.05, 0) is 35.9 Å². The van der Waals surface area contributed by atoms with Gasteiger partial charge in [-0.2, -0.15) is 0 Å². The summed E-state index contributed by atoms with van der Waals surface area (Å²) in [7, 11) is 3.89. The van der Waals surface area contributed by atoms with Crippen molar-refractivity contribution in [3.05, 3.63) is 95.6 Å². The Morgan fingerprint density at radius 2 is 1.61 bits per heavy atom. The molecule has 6 heteroatoms. The average molecular weight is 413 g/mol. The van der Waals surface area contributed by atoms with Crippen LogP contribution in [0.3, 0.4) is 0 Å². The van der Waals surface area contributed by atoms with Gasteiger partial charge in [-0.3, -0.25) is 15.0 Å². The average Bonchev–Trinajstić information content (AvgIpc) is 3.08. The van der Waals surface area contributed by atoms with Crippen molar-refractivity contribution in [3.63, 3.8) is 0 Å². The van der Waals surface area contributed by atoms with Gasteiger partial charge in [0.1, 0.15) is 17.9 Å². The van der Waals surface area contributed by atoms with Crippen LogP contribution in [0.2, 0.25) is 0 Å². The molecule has 0 spiro atoms. The number of carbonyl (C=O) groups excluding carboxylic acids is 2. The van der Waals surface area contributed by atoms with Crippen molar-refractivity contribution in [1.82, 2.24) is 5.43 Å². The molecule has 0 bridgehead atoms. The molecule has 1 aliphatic rings. The first-order valence-corrected chi connectivity index (χ1v) is 9.93. The molecule has 0 atom stereocenters. The van der Waals surface area contributed by atoms with Crippen molar-refractivity contribution in [2.45, 2.75) is 6.61 Å². The van der Waals surface area contributed by atoms with Gasteiger partial charge in [0.05, 0.1) is 5.69 Å². The number of hydrogen-bond acceptors (Lipinski definition) is 4. The highest BCUT2D eigenvalue weighted by Crippen LogP contribution is 2.29. The van der Waals surface area contributed by atoms with Crippen LogP contribution in [-0.4, -0.2) is 25.9 Å². The fourth-order valence-corrected chi connectivity index (χ4v) is 3.25. The predicted octanol–water partition coefficient (Wildman–Crippen LogP) is 3.79. The molecule has 3 aromatic rings. The second kappa shape index (κ2) is 8.75. The van der Waals surface area contributed by atoms with Gasteiger partial charge in [0.25, 0.3) is 11.8 Å². The Morgan fingerprint density at radius 1 is 0.935 bits per heavy atom. The van der Waals surface area contributed by atoms with Crippen LogP contribution in [0, 0.1) is 0 Å². The number of para-hydroxylation sites is 1. The summed E-state index contributed by atoms with van der Waals surface area (Å²) in [6.07, 6.45) is 1.58. The van der Waals surface area contributed by atoms with E-state index in [0.29, 0.717) is 23.6 Å². The number of nitrogens with zero attached hydrogens (tertiary/aromatic N) is 2. The van der Waals surface area contributed by atoms with E-state index in [4.69, 9.17) is 4.74 Å². The van der Waals surface area contributed by atoms with Crippen molar-refractivity contribution >= 4 is 29.3 Å². The molecule has 1 saturated heterocycles. The Bertz CT molecular complexity index is 1130. The Balaban J connectivity index is 1.65. The van der Waals surface area contributed by atoms with E-state index in [1.807, 2.05) is 85.7 Å². The molecule has 0 radical (unpaired) electrons. The molecule has 156 valence electrons. The fourth-order valence-electron chi connectivity index (χ4n) is 3.25. The Morgan fingerprint density at radius 3 is 2.29 bits per heavy atom. The minimum Gasteiger partial charge on any atom is -0.488 e. The molecule has 3 aromatic carbocycles. The van der Waals surface area contributed by atoms with Crippen LogP contribution in [0.1, 0.15) is 11.1 Å². The van der Waals surface area contributed by atoms with Crippen molar-refractivity contribution < 1.29 is 14.3 Å². The van der Waals surface area contributed by atoms with Crippen LogP contribution in [0.4, 0.5) is 11.4 Å². The molecule has 0 aliphatic carbocycles. The molecular weight excluding hydrogens is 390 g/mol. The van der Waals surface area contributed by atoms with E-state index < -0.39 is 11.8 Å². The zero-order valence-corrected chi connectivity index (χ0v) is 17.4. The van der Waals surface area contributed by atoms with Gasteiger partial charge in [0.2, 0.25) is 0 Å². The lowest BCUT2D eigenvalue weighted by Crippen LogP contribution is -2.35. The monoisotopic (exact) mass is 413 g/mol. The summed E-state index contributed by atoms with van der Waals surface area (Å²) in [6.45, 7) is 0.379. The zero-order valence-electron chi connectivity index (χ0n) is 17.4. The number of ether oxygens (including phenoxy) is 1. The topological polar surface area (TPSA) is 61.9 Å². The predicted molar refractivity (Wildman–Crippen MR) is 122 cm³/mol. The highest BCUT2D eigenvalue weighted by Gasteiger charge is 2.34. The van der Waals surface area contributed by atoms with Crippen LogP contribution >= 0.6 is 0 Å². The first kappa shape index (κ1) is 20.2. The molecule has 0 saturated carbocycles. The number of carbonyl (C=O) groups is 2. The van der Waals surface area contributed by atoms with Gasteiger partial charge in [-0.1, -0.05) is 48.5 Å². The SMILES string of the molecule is CN(C)c1ccc(C=C2C(=O)NN(c3ccccc3)C2=O)c(OCc2ccccc2)c1.